The second-order valence-corrected chi connectivity index (χ2v) is 5.05. The number of amides is 1. The highest BCUT2D eigenvalue weighted by atomic mass is 19.1. The molecule has 0 radical (unpaired) electrons. The van der Waals surface area contributed by atoms with Crippen LogP contribution in [0.5, 0.6) is 0 Å². The first-order valence-corrected chi connectivity index (χ1v) is 7.04. The van der Waals surface area contributed by atoms with Crippen LogP contribution in [0, 0.1) is 5.82 Å². The minimum Gasteiger partial charge on any atom is -0.355 e. The summed E-state index contributed by atoms with van der Waals surface area (Å²) in [6.07, 6.45) is 2.69. The lowest BCUT2D eigenvalue weighted by Gasteiger charge is -2.14. The second kappa shape index (κ2) is 6.48. The maximum atomic E-state index is 13.8. The highest BCUT2D eigenvalue weighted by Gasteiger charge is 2.14. The fourth-order valence-electron chi connectivity index (χ4n) is 2.27. The van der Waals surface area contributed by atoms with Crippen molar-refractivity contribution >= 4 is 5.91 Å². The Labute approximate surface area is 124 Å². The topological polar surface area (TPSA) is 42.0 Å². The predicted molar refractivity (Wildman–Crippen MR) is 81.7 cm³/mol. The summed E-state index contributed by atoms with van der Waals surface area (Å²) in [5, 5.41) is 2.51. The lowest BCUT2D eigenvalue weighted by Crippen LogP contribution is -2.18. The zero-order valence-electron chi connectivity index (χ0n) is 12.5. The number of rotatable bonds is 4. The first-order valence-electron chi connectivity index (χ1n) is 7.04. The summed E-state index contributed by atoms with van der Waals surface area (Å²) in [6.45, 7) is 4.18. The largest absolute Gasteiger partial charge is 0.355 e. The number of hydrogen-bond donors (Lipinski definition) is 1. The van der Waals surface area contributed by atoms with Gasteiger partial charge in [0.05, 0.1) is 5.69 Å². The first kappa shape index (κ1) is 15.2. The van der Waals surface area contributed by atoms with Crippen LogP contribution >= 0.6 is 0 Å². The van der Waals surface area contributed by atoms with Crippen molar-refractivity contribution in [3.05, 3.63) is 53.6 Å². The van der Waals surface area contributed by atoms with Gasteiger partial charge in [0.15, 0.2) is 0 Å². The molecule has 0 aliphatic carbocycles. The second-order valence-electron chi connectivity index (χ2n) is 5.05. The van der Waals surface area contributed by atoms with Crippen molar-refractivity contribution in [3.63, 3.8) is 0 Å². The van der Waals surface area contributed by atoms with Crippen LogP contribution in [0.25, 0.3) is 11.1 Å². The summed E-state index contributed by atoms with van der Waals surface area (Å²) in [4.78, 5) is 16.2. The van der Waals surface area contributed by atoms with E-state index < -0.39 is 5.82 Å². The summed E-state index contributed by atoms with van der Waals surface area (Å²) in [7, 11) is 1.53. The van der Waals surface area contributed by atoms with Gasteiger partial charge in [0.25, 0.3) is 5.91 Å². The number of aromatic nitrogens is 1. The van der Waals surface area contributed by atoms with Crippen molar-refractivity contribution in [2.75, 3.05) is 7.05 Å². The smallest absolute Gasteiger partial charge is 0.251 e. The van der Waals surface area contributed by atoms with Crippen molar-refractivity contribution in [2.24, 2.45) is 0 Å². The number of pyridine rings is 1. The summed E-state index contributed by atoms with van der Waals surface area (Å²) < 4.78 is 13.8. The van der Waals surface area contributed by atoms with Gasteiger partial charge in [0, 0.05) is 24.4 Å². The Morgan fingerprint density at radius 1 is 1.38 bits per heavy atom. The molecular formula is C17H19FN2O. The number of nitrogens with zero attached hydrogens (tertiary/aromatic N) is 1. The molecule has 1 amide bonds. The zero-order valence-corrected chi connectivity index (χ0v) is 12.5. The molecule has 110 valence electrons. The van der Waals surface area contributed by atoms with E-state index in [2.05, 4.69) is 24.1 Å². The molecular weight excluding hydrogens is 267 g/mol. The van der Waals surface area contributed by atoms with Gasteiger partial charge in [-0.2, -0.15) is 0 Å². The van der Waals surface area contributed by atoms with Crippen LogP contribution in [0.4, 0.5) is 4.39 Å². The maximum Gasteiger partial charge on any atom is 0.251 e. The monoisotopic (exact) mass is 286 g/mol. The van der Waals surface area contributed by atoms with Gasteiger partial charge in [0.1, 0.15) is 5.82 Å². The molecule has 0 spiro atoms. The highest BCUT2D eigenvalue weighted by Crippen LogP contribution is 2.30. The van der Waals surface area contributed by atoms with Gasteiger partial charge in [-0.3, -0.25) is 9.78 Å². The maximum absolute atomic E-state index is 13.8. The number of carbonyl (C=O) groups excluding carboxylic acids is 1. The van der Waals surface area contributed by atoms with E-state index in [0.717, 1.165) is 17.7 Å². The Bertz CT molecular complexity index is 655. The third-order valence-electron chi connectivity index (χ3n) is 3.62. The number of halogens is 1. The number of nitrogens with one attached hydrogen (secondary N) is 1. The van der Waals surface area contributed by atoms with Crippen LogP contribution < -0.4 is 5.32 Å². The quantitative estimate of drug-likeness (QED) is 0.929. The van der Waals surface area contributed by atoms with Crippen molar-refractivity contribution in [1.82, 2.24) is 10.3 Å². The molecule has 1 heterocycles. The van der Waals surface area contributed by atoms with Gasteiger partial charge in [0.2, 0.25) is 0 Å². The molecule has 4 heteroatoms. The van der Waals surface area contributed by atoms with Crippen molar-refractivity contribution in [2.45, 2.75) is 26.2 Å². The Balaban J connectivity index is 2.57. The lowest BCUT2D eigenvalue weighted by atomic mass is 9.94. The predicted octanol–water partition coefficient (Wildman–Crippen LogP) is 3.76. The highest BCUT2D eigenvalue weighted by molar-refractivity contribution is 5.95. The van der Waals surface area contributed by atoms with Gasteiger partial charge in [-0.25, -0.2) is 4.39 Å². The Morgan fingerprint density at radius 2 is 2.14 bits per heavy atom. The van der Waals surface area contributed by atoms with Gasteiger partial charge < -0.3 is 5.32 Å². The number of benzene rings is 1. The minimum absolute atomic E-state index is 0.271. The van der Waals surface area contributed by atoms with Gasteiger partial charge in [-0.05, 0) is 42.2 Å². The molecule has 0 saturated heterocycles. The number of hydrogen-bond acceptors (Lipinski definition) is 2. The lowest BCUT2D eigenvalue weighted by molar-refractivity contribution is 0.0962. The Hall–Kier alpha value is -2.23. The average Bonchev–Trinajstić information content (AvgIpc) is 2.52. The fourth-order valence-corrected chi connectivity index (χ4v) is 2.27. The first-order chi connectivity index (χ1) is 10.1. The van der Waals surface area contributed by atoms with Crippen LogP contribution in [0.3, 0.4) is 0 Å². The third-order valence-corrected chi connectivity index (χ3v) is 3.62. The van der Waals surface area contributed by atoms with Crippen molar-refractivity contribution < 1.29 is 9.18 Å². The van der Waals surface area contributed by atoms with Crippen LogP contribution in [-0.4, -0.2) is 17.9 Å². The molecule has 0 aliphatic rings. The molecule has 21 heavy (non-hydrogen) atoms. The van der Waals surface area contributed by atoms with Crippen molar-refractivity contribution in [3.8, 4) is 11.1 Å². The van der Waals surface area contributed by atoms with E-state index in [1.165, 1.54) is 19.2 Å². The summed E-state index contributed by atoms with van der Waals surface area (Å²) in [5.74, 6) is -0.456. The van der Waals surface area contributed by atoms with Crippen LogP contribution in [0.1, 0.15) is 42.2 Å². The van der Waals surface area contributed by atoms with E-state index in [0.29, 0.717) is 11.1 Å². The molecule has 1 aromatic carbocycles. The van der Waals surface area contributed by atoms with E-state index in [4.69, 9.17) is 0 Å². The van der Waals surface area contributed by atoms with Crippen molar-refractivity contribution in [1.29, 1.82) is 0 Å². The van der Waals surface area contributed by atoms with Gasteiger partial charge in [-0.15, -0.1) is 0 Å². The van der Waals surface area contributed by atoms with Crippen LogP contribution in [0.15, 0.2) is 36.5 Å². The third kappa shape index (κ3) is 3.27. The summed E-state index contributed by atoms with van der Waals surface area (Å²) >= 11 is 0. The molecule has 2 rings (SSSR count). The Morgan fingerprint density at radius 3 is 2.81 bits per heavy atom. The molecule has 0 saturated carbocycles. The fraction of sp³-hybridized carbons (Fsp3) is 0.294. The molecule has 2 aromatic rings. The van der Waals surface area contributed by atoms with E-state index in [-0.39, 0.29) is 11.8 Å². The Kier molecular flexibility index (Phi) is 4.68. The molecule has 1 N–H and O–H groups in total. The summed E-state index contributed by atoms with van der Waals surface area (Å²) in [6, 6.07) is 8.12. The zero-order chi connectivity index (χ0) is 15.4. The van der Waals surface area contributed by atoms with Crippen LogP contribution in [-0.2, 0) is 0 Å². The normalized spacial score (nSPS) is 12.0. The molecule has 0 aliphatic heterocycles. The van der Waals surface area contributed by atoms with Gasteiger partial charge in [-0.1, -0.05) is 19.9 Å². The minimum atomic E-state index is -0.426. The summed E-state index contributed by atoms with van der Waals surface area (Å²) in [5.41, 5.74) is 2.79. The van der Waals surface area contributed by atoms with Crippen LogP contribution in [0.2, 0.25) is 0 Å². The van der Waals surface area contributed by atoms with E-state index in [1.54, 1.807) is 12.3 Å². The van der Waals surface area contributed by atoms with E-state index in [9.17, 15) is 9.18 Å². The van der Waals surface area contributed by atoms with E-state index in [1.807, 2.05) is 12.1 Å². The SMILES string of the molecule is CCC(C)c1ncccc1-c1cc(F)cc(C(=O)NC)c1. The number of carbonyl (C=O) groups is 1. The molecule has 1 aromatic heterocycles. The molecule has 1 unspecified atom stereocenters. The average molecular weight is 286 g/mol. The molecule has 3 nitrogen and oxygen atoms in total. The standard InChI is InChI=1S/C17H19FN2O/c1-4-11(2)16-15(6-5-7-20-16)12-8-13(17(21)19-3)10-14(18)9-12/h5-11H,4H2,1-3H3,(H,19,21). The molecule has 0 fully saturated rings. The van der Waals surface area contributed by atoms with E-state index >= 15 is 0 Å². The van der Waals surface area contributed by atoms with Gasteiger partial charge >= 0.3 is 0 Å². The molecule has 0 bridgehead atoms. The molecule has 1 atom stereocenters.